The molecule has 0 spiro atoms. The lowest BCUT2D eigenvalue weighted by atomic mass is 10.2. The van der Waals surface area contributed by atoms with Gasteiger partial charge >= 0.3 is 0 Å². The number of hydrogen-bond donors (Lipinski definition) is 1. The van der Waals surface area contributed by atoms with Crippen LogP contribution >= 0.6 is 0 Å². The van der Waals surface area contributed by atoms with E-state index in [-0.39, 0.29) is 11.7 Å². The molecule has 0 fully saturated rings. The van der Waals surface area contributed by atoms with E-state index in [0.717, 1.165) is 0 Å². The zero-order valence-corrected chi connectivity index (χ0v) is 7.90. The van der Waals surface area contributed by atoms with Crippen molar-refractivity contribution < 1.29 is 4.79 Å². The Morgan fingerprint density at radius 1 is 1.46 bits per heavy atom. The van der Waals surface area contributed by atoms with Gasteiger partial charge in [-0.25, -0.2) is 0 Å². The first-order valence-electron chi connectivity index (χ1n) is 3.84. The third kappa shape index (κ3) is 1.93. The van der Waals surface area contributed by atoms with Crippen LogP contribution in [0.2, 0.25) is 0 Å². The van der Waals surface area contributed by atoms with Crippen molar-refractivity contribution in [2.75, 3.05) is 19.8 Å². The predicted molar refractivity (Wildman–Crippen MR) is 49.2 cm³/mol. The molecule has 1 aromatic heterocycles. The minimum atomic E-state index is -0.157. The van der Waals surface area contributed by atoms with Crippen LogP contribution in [0.3, 0.4) is 0 Å². The Morgan fingerprint density at radius 3 is 2.62 bits per heavy atom. The Hall–Kier alpha value is -1.65. The second-order valence-corrected chi connectivity index (χ2v) is 2.98. The number of hydrogen-bond acceptors (Lipinski definition) is 4. The van der Waals surface area contributed by atoms with Gasteiger partial charge in [0.05, 0.1) is 11.3 Å². The highest BCUT2D eigenvalue weighted by Gasteiger charge is 2.13. The Bertz CT molecular complexity index is 335. The van der Waals surface area contributed by atoms with Crippen molar-refractivity contribution in [2.24, 2.45) is 0 Å². The highest BCUT2D eigenvalue weighted by molar-refractivity contribution is 5.97. The number of carbonyl (C=O) groups excluding carboxylic acids is 1. The average Bonchev–Trinajstić information content (AvgIpc) is 2.08. The topological polar surface area (TPSA) is 72.1 Å². The standard InChI is InChI=1S/C8H12N4O/c1-5-4-6(7(9)11-10-5)8(13)12(2)3/h4H,1-3H3,(H2,9,11). The number of nitrogens with two attached hydrogens (primary N) is 1. The van der Waals surface area contributed by atoms with E-state index in [2.05, 4.69) is 10.2 Å². The minimum Gasteiger partial charge on any atom is -0.382 e. The van der Waals surface area contributed by atoms with Gasteiger partial charge in [0.2, 0.25) is 0 Å². The zero-order chi connectivity index (χ0) is 10.0. The van der Waals surface area contributed by atoms with E-state index >= 15 is 0 Å². The smallest absolute Gasteiger partial charge is 0.257 e. The summed E-state index contributed by atoms with van der Waals surface area (Å²) in [5, 5.41) is 7.40. The van der Waals surface area contributed by atoms with Gasteiger partial charge in [0.15, 0.2) is 5.82 Å². The quantitative estimate of drug-likeness (QED) is 0.663. The third-order valence-corrected chi connectivity index (χ3v) is 1.58. The van der Waals surface area contributed by atoms with Crippen LogP contribution in [0.1, 0.15) is 16.1 Å². The molecule has 1 heterocycles. The predicted octanol–water partition coefficient (Wildman–Crippen LogP) is 0.0690. The molecule has 0 atom stereocenters. The number of nitrogens with zero attached hydrogens (tertiary/aromatic N) is 3. The fourth-order valence-electron chi connectivity index (χ4n) is 0.910. The maximum atomic E-state index is 11.5. The molecular weight excluding hydrogens is 168 g/mol. The third-order valence-electron chi connectivity index (χ3n) is 1.58. The summed E-state index contributed by atoms with van der Waals surface area (Å²) < 4.78 is 0. The van der Waals surface area contributed by atoms with E-state index < -0.39 is 0 Å². The SMILES string of the molecule is Cc1cc(C(=O)N(C)C)c(N)nn1. The van der Waals surface area contributed by atoms with Gasteiger partial charge in [-0.15, -0.1) is 5.10 Å². The van der Waals surface area contributed by atoms with Crippen molar-refractivity contribution in [3.63, 3.8) is 0 Å². The van der Waals surface area contributed by atoms with Gasteiger partial charge in [-0.2, -0.15) is 5.10 Å². The number of carbonyl (C=O) groups is 1. The number of anilines is 1. The highest BCUT2D eigenvalue weighted by atomic mass is 16.2. The molecule has 2 N–H and O–H groups in total. The van der Waals surface area contributed by atoms with Gasteiger partial charge in [-0.1, -0.05) is 0 Å². The van der Waals surface area contributed by atoms with E-state index in [1.807, 2.05) is 0 Å². The van der Waals surface area contributed by atoms with Gasteiger partial charge in [-0.05, 0) is 13.0 Å². The molecule has 0 bridgehead atoms. The maximum absolute atomic E-state index is 11.5. The molecule has 0 saturated heterocycles. The Labute approximate surface area is 76.6 Å². The molecule has 0 aliphatic carbocycles. The molecule has 0 aromatic carbocycles. The van der Waals surface area contributed by atoms with Crippen molar-refractivity contribution in [1.82, 2.24) is 15.1 Å². The molecule has 1 aromatic rings. The van der Waals surface area contributed by atoms with Crippen LogP contribution in [-0.2, 0) is 0 Å². The lowest BCUT2D eigenvalue weighted by molar-refractivity contribution is 0.0828. The van der Waals surface area contributed by atoms with Crippen LogP contribution in [-0.4, -0.2) is 35.1 Å². The molecule has 0 aliphatic rings. The van der Waals surface area contributed by atoms with Gasteiger partial charge in [-0.3, -0.25) is 4.79 Å². The summed E-state index contributed by atoms with van der Waals surface area (Å²) in [6.07, 6.45) is 0. The van der Waals surface area contributed by atoms with E-state index in [1.165, 1.54) is 4.90 Å². The van der Waals surface area contributed by atoms with Crippen LogP contribution in [0.25, 0.3) is 0 Å². The second kappa shape index (κ2) is 3.38. The molecule has 5 heteroatoms. The zero-order valence-electron chi connectivity index (χ0n) is 7.90. The first-order valence-corrected chi connectivity index (χ1v) is 3.84. The summed E-state index contributed by atoms with van der Waals surface area (Å²) in [7, 11) is 3.33. The largest absolute Gasteiger partial charge is 0.382 e. The summed E-state index contributed by atoms with van der Waals surface area (Å²) in [6.45, 7) is 1.76. The Kier molecular flexibility index (Phi) is 2.46. The van der Waals surface area contributed by atoms with Crippen LogP contribution < -0.4 is 5.73 Å². The molecule has 0 aliphatic heterocycles. The van der Waals surface area contributed by atoms with Gasteiger partial charge < -0.3 is 10.6 Å². The van der Waals surface area contributed by atoms with E-state index in [4.69, 9.17) is 5.73 Å². The van der Waals surface area contributed by atoms with Gasteiger partial charge in [0.25, 0.3) is 5.91 Å². The van der Waals surface area contributed by atoms with Crippen molar-refractivity contribution in [1.29, 1.82) is 0 Å². The molecule has 0 unspecified atom stereocenters. The van der Waals surface area contributed by atoms with Crippen LogP contribution in [0.15, 0.2) is 6.07 Å². The first kappa shape index (κ1) is 9.44. The molecule has 0 radical (unpaired) electrons. The lowest BCUT2D eigenvalue weighted by Gasteiger charge is -2.11. The van der Waals surface area contributed by atoms with E-state index in [0.29, 0.717) is 11.3 Å². The normalized spacial score (nSPS) is 9.77. The maximum Gasteiger partial charge on any atom is 0.257 e. The summed E-state index contributed by atoms with van der Waals surface area (Å²) >= 11 is 0. The van der Waals surface area contributed by atoms with Crippen molar-refractivity contribution in [2.45, 2.75) is 6.92 Å². The van der Waals surface area contributed by atoms with Crippen LogP contribution in [0.5, 0.6) is 0 Å². The van der Waals surface area contributed by atoms with Crippen molar-refractivity contribution in [3.05, 3.63) is 17.3 Å². The van der Waals surface area contributed by atoms with E-state index in [1.54, 1.807) is 27.1 Å². The van der Waals surface area contributed by atoms with Crippen LogP contribution in [0.4, 0.5) is 5.82 Å². The van der Waals surface area contributed by atoms with Crippen molar-refractivity contribution >= 4 is 11.7 Å². The molecule has 13 heavy (non-hydrogen) atoms. The second-order valence-electron chi connectivity index (χ2n) is 2.98. The van der Waals surface area contributed by atoms with Gasteiger partial charge in [0.1, 0.15) is 0 Å². The number of aryl methyl sites for hydroxylation is 1. The first-order chi connectivity index (χ1) is 6.02. The average molecular weight is 180 g/mol. The number of amides is 1. The molecule has 70 valence electrons. The monoisotopic (exact) mass is 180 g/mol. The molecule has 1 rings (SSSR count). The fourth-order valence-corrected chi connectivity index (χ4v) is 0.910. The number of aromatic nitrogens is 2. The highest BCUT2D eigenvalue weighted by Crippen LogP contribution is 2.09. The molecule has 5 nitrogen and oxygen atoms in total. The minimum absolute atomic E-state index is 0.157. The van der Waals surface area contributed by atoms with E-state index in [9.17, 15) is 4.79 Å². The van der Waals surface area contributed by atoms with Crippen molar-refractivity contribution in [3.8, 4) is 0 Å². The summed E-state index contributed by atoms with van der Waals surface area (Å²) in [5.41, 5.74) is 6.59. The lowest BCUT2D eigenvalue weighted by Crippen LogP contribution is -2.23. The van der Waals surface area contributed by atoms with Crippen LogP contribution in [0, 0.1) is 6.92 Å². The number of rotatable bonds is 1. The Balaban J connectivity index is 3.13. The summed E-state index contributed by atoms with van der Waals surface area (Å²) in [5.74, 6) is 0.0137. The fraction of sp³-hybridized carbons (Fsp3) is 0.375. The molecular formula is C8H12N4O. The molecule has 1 amide bonds. The van der Waals surface area contributed by atoms with Gasteiger partial charge in [0, 0.05) is 14.1 Å². The molecule has 0 saturated carbocycles. The summed E-state index contributed by atoms with van der Waals surface area (Å²) in [4.78, 5) is 12.9. The Morgan fingerprint density at radius 2 is 2.08 bits per heavy atom. The summed E-state index contributed by atoms with van der Waals surface area (Å²) in [6, 6.07) is 1.63. The number of nitrogen functional groups attached to an aromatic ring is 1.